The lowest BCUT2D eigenvalue weighted by molar-refractivity contribution is 0.311. The Kier molecular flexibility index (Phi) is 5.09. The highest BCUT2D eigenvalue weighted by molar-refractivity contribution is 5.93. The molecule has 110 valence electrons. The Morgan fingerprint density at radius 2 is 2.15 bits per heavy atom. The van der Waals surface area contributed by atoms with Crippen molar-refractivity contribution in [3.05, 3.63) is 18.2 Å². The van der Waals surface area contributed by atoms with Crippen LogP contribution in [0.25, 0.3) is 0 Å². The molecule has 0 aliphatic heterocycles. The van der Waals surface area contributed by atoms with Crippen molar-refractivity contribution in [1.29, 1.82) is 0 Å². The topological polar surface area (TPSA) is 54.9 Å². The van der Waals surface area contributed by atoms with E-state index in [0.29, 0.717) is 6.61 Å². The third kappa shape index (κ3) is 4.05. The second kappa shape index (κ2) is 7.03. The van der Waals surface area contributed by atoms with Gasteiger partial charge in [-0.05, 0) is 37.8 Å². The highest BCUT2D eigenvalue weighted by atomic mass is 16.5. The highest BCUT2D eigenvalue weighted by Gasteiger charge is 2.21. The number of aliphatic imine (C=N–C) groups is 1. The summed E-state index contributed by atoms with van der Waals surface area (Å²) in [5.74, 6) is 3.06. The largest absolute Gasteiger partial charge is 0.493 e. The van der Waals surface area contributed by atoms with Gasteiger partial charge in [0.25, 0.3) is 0 Å². The second-order valence-corrected chi connectivity index (χ2v) is 4.82. The summed E-state index contributed by atoms with van der Waals surface area (Å²) in [5, 5.41) is 6.58. The average Bonchev–Trinajstić information content (AvgIpc) is 3.29. The Morgan fingerprint density at radius 3 is 2.75 bits per heavy atom. The Hall–Kier alpha value is -1.91. The van der Waals surface area contributed by atoms with Crippen LogP contribution in [-0.2, 0) is 0 Å². The summed E-state index contributed by atoms with van der Waals surface area (Å²) in [7, 11) is 3.41. The normalized spacial score (nSPS) is 14.8. The molecule has 0 heterocycles. The minimum atomic E-state index is 0.619. The maximum absolute atomic E-state index is 5.50. The monoisotopic (exact) mass is 277 g/mol. The van der Waals surface area contributed by atoms with Crippen molar-refractivity contribution in [3.63, 3.8) is 0 Å². The zero-order valence-corrected chi connectivity index (χ0v) is 12.4. The number of ether oxygens (including phenoxy) is 2. The molecular formula is C15H23N3O2. The van der Waals surface area contributed by atoms with Crippen molar-refractivity contribution in [2.45, 2.75) is 19.8 Å². The minimum absolute atomic E-state index is 0.619. The number of guanidine groups is 1. The van der Waals surface area contributed by atoms with Crippen LogP contribution in [0.15, 0.2) is 23.2 Å². The fourth-order valence-electron chi connectivity index (χ4n) is 1.90. The predicted octanol–water partition coefficient (Wildman–Crippen LogP) is 2.49. The number of methoxy groups -OCH3 is 1. The van der Waals surface area contributed by atoms with Crippen LogP contribution >= 0.6 is 0 Å². The highest BCUT2D eigenvalue weighted by Crippen LogP contribution is 2.30. The number of hydrogen-bond acceptors (Lipinski definition) is 3. The summed E-state index contributed by atoms with van der Waals surface area (Å²) in [6.45, 7) is 3.55. The van der Waals surface area contributed by atoms with Gasteiger partial charge < -0.3 is 20.1 Å². The Labute approximate surface area is 120 Å². The first-order valence-corrected chi connectivity index (χ1v) is 7.05. The molecule has 0 spiro atoms. The van der Waals surface area contributed by atoms with Crippen LogP contribution in [0.2, 0.25) is 0 Å². The van der Waals surface area contributed by atoms with Crippen LogP contribution in [0, 0.1) is 5.92 Å². The summed E-state index contributed by atoms with van der Waals surface area (Å²) in [5.41, 5.74) is 0.925. The quantitative estimate of drug-likeness (QED) is 0.619. The lowest BCUT2D eigenvalue weighted by atomic mass is 10.2. The third-order valence-electron chi connectivity index (χ3n) is 3.20. The summed E-state index contributed by atoms with van der Waals surface area (Å²) < 4.78 is 10.8. The number of nitrogens with one attached hydrogen (secondary N) is 2. The van der Waals surface area contributed by atoms with E-state index in [0.717, 1.165) is 35.6 Å². The number of anilines is 1. The van der Waals surface area contributed by atoms with Crippen LogP contribution in [0.4, 0.5) is 5.69 Å². The van der Waals surface area contributed by atoms with Gasteiger partial charge in [0.2, 0.25) is 0 Å². The fourth-order valence-corrected chi connectivity index (χ4v) is 1.90. The molecule has 1 aliphatic carbocycles. The molecule has 1 aromatic carbocycles. The minimum Gasteiger partial charge on any atom is -0.493 e. The van der Waals surface area contributed by atoms with Crippen molar-refractivity contribution in [2.75, 3.05) is 32.6 Å². The Bertz CT molecular complexity index is 470. The van der Waals surface area contributed by atoms with E-state index in [1.807, 2.05) is 25.1 Å². The molecule has 1 saturated carbocycles. The molecule has 5 nitrogen and oxygen atoms in total. The number of rotatable bonds is 6. The lowest BCUT2D eigenvalue weighted by Crippen LogP contribution is -2.32. The molecule has 0 saturated heterocycles. The van der Waals surface area contributed by atoms with Gasteiger partial charge in [-0.1, -0.05) is 0 Å². The van der Waals surface area contributed by atoms with Gasteiger partial charge in [0, 0.05) is 25.3 Å². The number of nitrogens with zero attached hydrogens (tertiary/aromatic N) is 1. The van der Waals surface area contributed by atoms with E-state index in [-0.39, 0.29) is 0 Å². The van der Waals surface area contributed by atoms with Crippen molar-refractivity contribution < 1.29 is 9.47 Å². The van der Waals surface area contributed by atoms with Gasteiger partial charge in [-0.25, -0.2) is 0 Å². The molecule has 1 aliphatic rings. The van der Waals surface area contributed by atoms with Crippen molar-refractivity contribution in [3.8, 4) is 11.5 Å². The molecule has 1 aromatic rings. The summed E-state index contributed by atoms with van der Waals surface area (Å²) >= 11 is 0. The van der Waals surface area contributed by atoms with E-state index in [1.165, 1.54) is 12.8 Å². The van der Waals surface area contributed by atoms with Crippen LogP contribution < -0.4 is 20.1 Å². The third-order valence-corrected chi connectivity index (χ3v) is 3.20. The van der Waals surface area contributed by atoms with E-state index < -0.39 is 0 Å². The molecule has 2 N–H and O–H groups in total. The van der Waals surface area contributed by atoms with Crippen LogP contribution in [0.3, 0.4) is 0 Å². The van der Waals surface area contributed by atoms with E-state index in [4.69, 9.17) is 9.47 Å². The Balaban J connectivity index is 1.99. The van der Waals surface area contributed by atoms with E-state index >= 15 is 0 Å². The molecule has 1 fully saturated rings. The standard InChI is InChI=1S/C15H23N3O2/c1-4-20-13-8-7-12(9-14(13)19-3)18-15(16-2)17-10-11-5-6-11/h7-9,11H,4-6,10H2,1-3H3,(H2,16,17,18). The van der Waals surface area contributed by atoms with Crippen molar-refractivity contribution >= 4 is 11.6 Å². The first kappa shape index (κ1) is 14.5. The zero-order valence-electron chi connectivity index (χ0n) is 12.4. The number of benzene rings is 1. The molecule has 0 radical (unpaired) electrons. The van der Waals surface area contributed by atoms with Crippen LogP contribution in [0.1, 0.15) is 19.8 Å². The summed E-state index contributed by atoms with van der Waals surface area (Å²) in [6, 6.07) is 5.77. The average molecular weight is 277 g/mol. The van der Waals surface area contributed by atoms with Gasteiger partial charge in [0.15, 0.2) is 17.5 Å². The molecule has 5 heteroatoms. The summed E-state index contributed by atoms with van der Waals surface area (Å²) in [4.78, 5) is 4.22. The lowest BCUT2D eigenvalue weighted by Gasteiger charge is -2.14. The van der Waals surface area contributed by atoms with Crippen molar-refractivity contribution in [2.24, 2.45) is 10.9 Å². The van der Waals surface area contributed by atoms with Gasteiger partial charge in [0.1, 0.15) is 0 Å². The smallest absolute Gasteiger partial charge is 0.195 e. The molecule has 0 atom stereocenters. The Morgan fingerprint density at radius 1 is 1.35 bits per heavy atom. The second-order valence-electron chi connectivity index (χ2n) is 4.82. The van der Waals surface area contributed by atoms with Gasteiger partial charge in [-0.3, -0.25) is 4.99 Å². The van der Waals surface area contributed by atoms with Gasteiger partial charge >= 0.3 is 0 Å². The summed E-state index contributed by atoms with van der Waals surface area (Å²) in [6.07, 6.45) is 2.64. The molecule has 2 rings (SSSR count). The maximum Gasteiger partial charge on any atom is 0.195 e. The van der Waals surface area contributed by atoms with E-state index in [2.05, 4.69) is 15.6 Å². The van der Waals surface area contributed by atoms with E-state index in [1.54, 1.807) is 14.2 Å². The van der Waals surface area contributed by atoms with Gasteiger partial charge in [0.05, 0.1) is 13.7 Å². The first-order chi connectivity index (χ1) is 9.76. The number of hydrogen-bond donors (Lipinski definition) is 2. The van der Waals surface area contributed by atoms with Gasteiger partial charge in [-0.15, -0.1) is 0 Å². The molecule has 0 bridgehead atoms. The molecule has 0 unspecified atom stereocenters. The van der Waals surface area contributed by atoms with E-state index in [9.17, 15) is 0 Å². The van der Waals surface area contributed by atoms with Crippen LogP contribution in [-0.4, -0.2) is 33.3 Å². The molecule has 0 amide bonds. The molecule has 20 heavy (non-hydrogen) atoms. The SMILES string of the molecule is CCOc1ccc(NC(=NC)NCC2CC2)cc1OC. The predicted molar refractivity (Wildman–Crippen MR) is 81.9 cm³/mol. The zero-order chi connectivity index (χ0) is 14.4. The molecule has 0 aromatic heterocycles. The fraction of sp³-hybridized carbons (Fsp3) is 0.533. The molecular weight excluding hydrogens is 254 g/mol. The van der Waals surface area contributed by atoms with Crippen LogP contribution in [0.5, 0.6) is 11.5 Å². The van der Waals surface area contributed by atoms with Crippen molar-refractivity contribution in [1.82, 2.24) is 5.32 Å². The first-order valence-electron chi connectivity index (χ1n) is 7.05. The maximum atomic E-state index is 5.50. The van der Waals surface area contributed by atoms with Gasteiger partial charge in [-0.2, -0.15) is 0 Å².